The minimum atomic E-state index is -0.387. The van der Waals surface area contributed by atoms with Crippen LogP contribution < -0.4 is 5.32 Å². The lowest BCUT2D eigenvalue weighted by atomic mass is 9.93. The summed E-state index contributed by atoms with van der Waals surface area (Å²) in [5, 5.41) is 2.91. The molecule has 0 radical (unpaired) electrons. The number of carbonyl (C=O) groups excluding carboxylic acids is 2. The Kier molecular flexibility index (Phi) is 7.72. The van der Waals surface area contributed by atoms with Gasteiger partial charge in [0.2, 0.25) is 11.8 Å². The van der Waals surface area contributed by atoms with Crippen molar-refractivity contribution in [2.24, 2.45) is 5.92 Å². The van der Waals surface area contributed by atoms with Gasteiger partial charge in [-0.1, -0.05) is 40.5 Å². The molecule has 5 nitrogen and oxygen atoms in total. The van der Waals surface area contributed by atoms with Gasteiger partial charge in [-0.25, -0.2) is 0 Å². The highest BCUT2D eigenvalue weighted by Crippen LogP contribution is 2.20. The second-order valence-corrected chi connectivity index (χ2v) is 5.82. The number of carbonyl (C=O) groups is 2. The van der Waals surface area contributed by atoms with E-state index >= 15 is 0 Å². The molecule has 21 heavy (non-hydrogen) atoms. The average molecular weight is 298 g/mol. The summed E-state index contributed by atoms with van der Waals surface area (Å²) in [6.07, 6.45) is 3.42. The monoisotopic (exact) mass is 298 g/mol. The number of ether oxygens (including phenoxy) is 1. The molecule has 0 aromatic heterocycles. The summed E-state index contributed by atoms with van der Waals surface area (Å²) in [7, 11) is 0. The fraction of sp³-hybridized carbons (Fsp3) is 0.875. The Morgan fingerprint density at radius 1 is 1.19 bits per heavy atom. The van der Waals surface area contributed by atoms with Crippen molar-refractivity contribution in [3.63, 3.8) is 0 Å². The smallest absolute Gasteiger partial charge is 0.246 e. The minimum absolute atomic E-state index is 0.0164. The van der Waals surface area contributed by atoms with Gasteiger partial charge in [-0.3, -0.25) is 9.59 Å². The van der Waals surface area contributed by atoms with Crippen molar-refractivity contribution < 1.29 is 14.3 Å². The molecule has 3 atom stereocenters. The molecule has 0 aromatic carbocycles. The maximum atomic E-state index is 12.7. The standard InChI is InChI=1S/C16H30N2O3/c1-5-8-13-15(19)17-14(12(4)7-3)16(20)18(13)9-11-21-10-6-2/h12-14H,5-11H2,1-4H3,(H,17,19). The van der Waals surface area contributed by atoms with Crippen LogP contribution in [0.5, 0.6) is 0 Å². The molecule has 1 fully saturated rings. The van der Waals surface area contributed by atoms with Crippen LogP contribution in [0.25, 0.3) is 0 Å². The van der Waals surface area contributed by atoms with E-state index in [1.165, 1.54) is 0 Å². The van der Waals surface area contributed by atoms with Crippen LogP contribution in [-0.2, 0) is 14.3 Å². The van der Waals surface area contributed by atoms with Crippen LogP contribution in [0.3, 0.4) is 0 Å². The zero-order valence-electron chi connectivity index (χ0n) is 13.9. The highest BCUT2D eigenvalue weighted by atomic mass is 16.5. The van der Waals surface area contributed by atoms with E-state index in [0.29, 0.717) is 26.2 Å². The summed E-state index contributed by atoms with van der Waals surface area (Å²) in [5.41, 5.74) is 0. The van der Waals surface area contributed by atoms with Gasteiger partial charge in [0.05, 0.1) is 6.61 Å². The van der Waals surface area contributed by atoms with Crippen LogP contribution in [0.15, 0.2) is 0 Å². The molecule has 0 aliphatic carbocycles. The highest BCUT2D eigenvalue weighted by Gasteiger charge is 2.41. The Hall–Kier alpha value is -1.10. The van der Waals surface area contributed by atoms with E-state index in [2.05, 4.69) is 12.2 Å². The molecule has 1 saturated heterocycles. The summed E-state index contributed by atoms with van der Waals surface area (Å²) in [4.78, 5) is 26.7. The molecule has 122 valence electrons. The van der Waals surface area contributed by atoms with E-state index < -0.39 is 0 Å². The second-order valence-electron chi connectivity index (χ2n) is 5.82. The first-order chi connectivity index (χ1) is 10.1. The molecule has 1 heterocycles. The maximum Gasteiger partial charge on any atom is 0.246 e. The van der Waals surface area contributed by atoms with Crippen LogP contribution in [0.2, 0.25) is 0 Å². The van der Waals surface area contributed by atoms with Gasteiger partial charge in [0.25, 0.3) is 0 Å². The molecule has 3 unspecified atom stereocenters. The van der Waals surface area contributed by atoms with Crippen molar-refractivity contribution in [2.45, 2.75) is 65.5 Å². The largest absolute Gasteiger partial charge is 0.380 e. The fourth-order valence-electron chi connectivity index (χ4n) is 2.64. The zero-order chi connectivity index (χ0) is 15.8. The van der Waals surface area contributed by atoms with E-state index in [0.717, 1.165) is 19.3 Å². The van der Waals surface area contributed by atoms with Gasteiger partial charge in [-0.2, -0.15) is 0 Å². The van der Waals surface area contributed by atoms with Crippen LogP contribution >= 0.6 is 0 Å². The predicted octanol–water partition coefficient (Wildman–Crippen LogP) is 1.95. The molecule has 1 rings (SSSR count). The third-order valence-electron chi connectivity index (χ3n) is 4.13. The van der Waals surface area contributed by atoms with E-state index in [-0.39, 0.29) is 29.8 Å². The van der Waals surface area contributed by atoms with Gasteiger partial charge in [-0.15, -0.1) is 0 Å². The third-order valence-corrected chi connectivity index (χ3v) is 4.13. The fourth-order valence-corrected chi connectivity index (χ4v) is 2.64. The molecule has 0 bridgehead atoms. The Labute approximate surface area is 128 Å². The second kappa shape index (κ2) is 9.03. The number of nitrogens with one attached hydrogen (secondary N) is 1. The third kappa shape index (κ3) is 4.70. The van der Waals surface area contributed by atoms with Gasteiger partial charge in [0, 0.05) is 13.2 Å². The summed E-state index contributed by atoms with van der Waals surface area (Å²) in [6, 6.07) is -0.727. The quantitative estimate of drug-likeness (QED) is 0.662. The lowest BCUT2D eigenvalue weighted by molar-refractivity contribution is -0.152. The number of rotatable bonds is 9. The SMILES string of the molecule is CCCOCCN1C(=O)C(C(C)CC)NC(=O)C1CCC. The summed E-state index contributed by atoms with van der Waals surface area (Å²) >= 11 is 0. The molecule has 0 spiro atoms. The molecule has 1 N–H and O–H groups in total. The predicted molar refractivity (Wildman–Crippen MR) is 82.9 cm³/mol. The first kappa shape index (κ1) is 18.0. The van der Waals surface area contributed by atoms with E-state index in [1.807, 2.05) is 20.8 Å². The van der Waals surface area contributed by atoms with E-state index in [4.69, 9.17) is 4.74 Å². The Morgan fingerprint density at radius 3 is 2.48 bits per heavy atom. The van der Waals surface area contributed by atoms with Gasteiger partial charge >= 0.3 is 0 Å². The molecular weight excluding hydrogens is 268 g/mol. The first-order valence-electron chi connectivity index (χ1n) is 8.25. The number of amides is 2. The number of hydrogen-bond acceptors (Lipinski definition) is 3. The molecule has 5 heteroatoms. The molecule has 0 aromatic rings. The first-order valence-corrected chi connectivity index (χ1v) is 8.25. The zero-order valence-corrected chi connectivity index (χ0v) is 13.9. The van der Waals surface area contributed by atoms with Gasteiger partial charge in [0.15, 0.2) is 0 Å². The summed E-state index contributed by atoms with van der Waals surface area (Å²) < 4.78 is 5.49. The Bertz CT molecular complexity index is 346. The highest BCUT2D eigenvalue weighted by molar-refractivity contribution is 5.97. The van der Waals surface area contributed by atoms with E-state index in [1.54, 1.807) is 4.90 Å². The lowest BCUT2D eigenvalue weighted by Crippen LogP contribution is -2.65. The molecule has 2 amide bonds. The lowest BCUT2D eigenvalue weighted by Gasteiger charge is -2.40. The van der Waals surface area contributed by atoms with E-state index in [9.17, 15) is 9.59 Å². The van der Waals surface area contributed by atoms with Gasteiger partial charge in [-0.05, 0) is 18.8 Å². The van der Waals surface area contributed by atoms with Crippen molar-refractivity contribution in [3.8, 4) is 0 Å². The van der Waals surface area contributed by atoms with Crippen molar-refractivity contribution in [1.82, 2.24) is 10.2 Å². The normalized spacial score (nSPS) is 24.1. The molecular formula is C16H30N2O3. The van der Waals surface area contributed by atoms with Crippen molar-refractivity contribution >= 4 is 11.8 Å². The summed E-state index contributed by atoms with van der Waals surface area (Å²) in [5.74, 6) is 0.183. The van der Waals surface area contributed by atoms with Crippen LogP contribution in [0.1, 0.15) is 53.4 Å². The van der Waals surface area contributed by atoms with Gasteiger partial charge < -0.3 is 15.0 Å². The summed E-state index contributed by atoms with van der Waals surface area (Å²) in [6.45, 7) is 9.83. The number of piperazine rings is 1. The van der Waals surface area contributed by atoms with Crippen LogP contribution in [0.4, 0.5) is 0 Å². The number of hydrogen-bond donors (Lipinski definition) is 1. The number of nitrogens with zero attached hydrogens (tertiary/aromatic N) is 1. The Morgan fingerprint density at radius 2 is 1.90 bits per heavy atom. The minimum Gasteiger partial charge on any atom is -0.380 e. The van der Waals surface area contributed by atoms with Crippen molar-refractivity contribution in [1.29, 1.82) is 0 Å². The molecule has 1 aliphatic heterocycles. The topological polar surface area (TPSA) is 58.6 Å². The van der Waals surface area contributed by atoms with Gasteiger partial charge in [0.1, 0.15) is 12.1 Å². The molecule has 0 saturated carbocycles. The van der Waals surface area contributed by atoms with Crippen molar-refractivity contribution in [3.05, 3.63) is 0 Å². The van der Waals surface area contributed by atoms with Crippen molar-refractivity contribution in [2.75, 3.05) is 19.8 Å². The van der Waals surface area contributed by atoms with Crippen LogP contribution in [0, 0.1) is 5.92 Å². The average Bonchev–Trinajstić information content (AvgIpc) is 2.48. The molecule has 1 aliphatic rings. The Balaban J connectivity index is 2.77. The maximum absolute atomic E-state index is 12.7. The van der Waals surface area contributed by atoms with Crippen LogP contribution in [-0.4, -0.2) is 48.6 Å².